The average Bonchev–Trinajstić information content (AvgIpc) is 3.10. The van der Waals surface area contributed by atoms with E-state index in [9.17, 15) is 0 Å². The predicted molar refractivity (Wildman–Crippen MR) is 190 cm³/mol. The molecule has 0 nitrogen and oxygen atoms in total. The fourth-order valence-electron chi connectivity index (χ4n) is 7.12. The van der Waals surface area contributed by atoms with Crippen LogP contribution in [-0.4, -0.2) is 0 Å². The summed E-state index contributed by atoms with van der Waals surface area (Å²) in [6, 6.07) is 62.4. The summed E-state index contributed by atoms with van der Waals surface area (Å²) in [4.78, 5) is 0. The summed E-state index contributed by atoms with van der Waals surface area (Å²) in [5, 5.41) is 12.8. The van der Waals surface area contributed by atoms with E-state index in [2.05, 4.69) is 170 Å². The molecule has 204 valence electrons. The highest BCUT2D eigenvalue weighted by Gasteiger charge is 2.15. The highest BCUT2D eigenvalue weighted by molar-refractivity contribution is 6.24. The minimum Gasteiger partial charge on any atom is -0.0616 e. The molecule has 44 heavy (non-hydrogen) atoms. The smallest absolute Gasteiger partial charge is 0.00923 e. The van der Waals surface area contributed by atoms with Gasteiger partial charge in [-0.2, -0.15) is 0 Å². The number of rotatable bonds is 3. The molecule has 0 spiro atoms. The SMILES string of the molecule is c1cc(-c2cccc3ccccc23)cc(-c2cc3c4ccccc4c(-c4ccc5ccccc5c4)cc3c3ccccc23)c1. The van der Waals surface area contributed by atoms with Gasteiger partial charge in [-0.15, -0.1) is 0 Å². The molecule has 0 fully saturated rings. The zero-order valence-corrected chi connectivity index (χ0v) is 24.2. The zero-order chi connectivity index (χ0) is 29.0. The van der Waals surface area contributed by atoms with Crippen LogP contribution in [-0.2, 0) is 0 Å². The van der Waals surface area contributed by atoms with Crippen LogP contribution in [0.5, 0.6) is 0 Å². The summed E-state index contributed by atoms with van der Waals surface area (Å²) in [6.45, 7) is 0. The van der Waals surface area contributed by atoms with Crippen molar-refractivity contribution in [2.75, 3.05) is 0 Å². The normalized spacial score (nSPS) is 11.6. The molecule has 0 amide bonds. The van der Waals surface area contributed by atoms with Gasteiger partial charge in [0.05, 0.1) is 0 Å². The van der Waals surface area contributed by atoms with Crippen LogP contribution in [0.4, 0.5) is 0 Å². The molecule has 0 aliphatic heterocycles. The van der Waals surface area contributed by atoms with Gasteiger partial charge in [0.25, 0.3) is 0 Å². The Kier molecular flexibility index (Phi) is 5.61. The molecule has 0 aliphatic rings. The van der Waals surface area contributed by atoms with Gasteiger partial charge in [0.2, 0.25) is 0 Å². The molecule has 0 atom stereocenters. The van der Waals surface area contributed by atoms with E-state index in [0.29, 0.717) is 0 Å². The quantitative estimate of drug-likeness (QED) is 0.190. The highest BCUT2D eigenvalue weighted by atomic mass is 14.2. The lowest BCUT2D eigenvalue weighted by molar-refractivity contribution is 1.63. The zero-order valence-electron chi connectivity index (χ0n) is 24.2. The molecular formula is C44H28. The fraction of sp³-hybridized carbons (Fsp3) is 0. The van der Waals surface area contributed by atoms with Crippen LogP contribution in [0.25, 0.3) is 87.2 Å². The first-order valence-corrected chi connectivity index (χ1v) is 15.3. The Hall–Kier alpha value is -5.72. The Bertz CT molecular complexity index is 2550. The second-order valence-corrected chi connectivity index (χ2v) is 11.7. The fourth-order valence-corrected chi connectivity index (χ4v) is 7.12. The van der Waals surface area contributed by atoms with Gasteiger partial charge in [-0.25, -0.2) is 0 Å². The second-order valence-electron chi connectivity index (χ2n) is 11.7. The van der Waals surface area contributed by atoms with E-state index in [0.717, 1.165) is 0 Å². The van der Waals surface area contributed by atoms with Gasteiger partial charge in [-0.3, -0.25) is 0 Å². The Labute approximate surface area is 256 Å². The minimum absolute atomic E-state index is 1.23. The number of hydrogen-bond donors (Lipinski definition) is 0. The first-order chi connectivity index (χ1) is 21.8. The molecule has 0 N–H and O–H groups in total. The summed E-state index contributed by atoms with van der Waals surface area (Å²) >= 11 is 0. The summed E-state index contributed by atoms with van der Waals surface area (Å²) in [5.41, 5.74) is 7.52. The second kappa shape index (κ2) is 9.93. The third-order valence-electron chi connectivity index (χ3n) is 9.22. The van der Waals surface area contributed by atoms with E-state index in [4.69, 9.17) is 0 Å². The van der Waals surface area contributed by atoms with Gasteiger partial charge in [0, 0.05) is 0 Å². The molecule has 0 saturated heterocycles. The lowest BCUT2D eigenvalue weighted by Gasteiger charge is -2.17. The van der Waals surface area contributed by atoms with Crippen molar-refractivity contribution in [3.63, 3.8) is 0 Å². The lowest BCUT2D eigenvalue weighted by Crippen LogP contribution is -1.90. The molecule has 9 aromatic carbocycles. The molecule has 0 heteroatoms. The van der Waals surface area contributed by atoms with Gasteiger partial charge in [-0.05, 0) is 112 Å². The van der Waals surface area contributed by atoms with Crippen LogP contribution in [0.1, 0.15) is 0 Å². The lowest BCUT2D eigenvalue weighted by atomic mass is 9.87. The van der Waals surface area contributed by atoms with E-state index in [-0.39, 0.29) is 0 Å². The van der Waals surface area contributed by atoms with E-state index < -0.39 is 0 Å². The maximum Gasteiger partial charge on any atom is -0.00923 e. The van der Waals surface area contributed by atoms with E-state index in [1.54, 1.807) is 0 Å². The van der Waals surface area contributed by atoms with Crippen molar-refractivity contribution in [1.29, 1.82) is 0 Å². The standard InChI is InChI=1S/C44H28/c1-2-13-31-25-34(24-23-29(31)11-1)42-28-44-39-20-7-5-18-37(39)41(27-43(44)40-21-8-6-19-38(40)42)33-16-9-15-32(26-33)36-22-10-14-30-12-3-4-17-35(30)36/h1-28H. The van der Waals surface area contributed by atoms with Crippen molar-refractivity contribution in [3.05, 3.63) is 170 Å². The first kappa shape index (κ1) is 24.8. The topological polar surface area (TPSA) is 0 Å². The maximum absolute atomic E-state index is 2.42. The molecule has 0 heterocycles. The third-order valence-corrected chi connectivity index (χ3v) is 9.22. The maximum atomic E-state index is 2.42. The molecular weight excluding hydrogens is 528 g/mol. The van der Waals surface area contributed by atoms with Crippen LogP contribution >= 0.6 is 0 Å². The third kappa shape index (κ3) is 3.92. The molecule has 0 saturated carbocycles. The number of fused-ring (bicyclic) bond motifs is 7. The molecule has 0 radical (unpaired) electrons. The number of benzene rings is 9. The minimum atomic E-state index is 1.23. The summed E-state index contributed by atoms with van der Waals surface area (Å²) in [6.07, 6.45) is 0. The van der Waals surface area contributed by atoms with Crippen LogP contribution < -0.4 is 0 Å². The Balaban J connectivity index is 1.31. The molecule has 0 aliphatic carbocycles. The van der Waals surface area contributed by atoms with Crippen LogP contribution in [0.15, 0.2) is 170 Å². The predicted octanol–water partition coefficient (Wildman–Crippen LogP) is 12.5. The van der Waals surface area contributed by atoms with Gasteiger partial charge in [-0.1, -0.05) is 146 Å². The van der Waals surface area contributed by atoms with Crippen molar-refractivity contribution in [2.24, 2.45) is 0 Å². The summed E-state index contributed by atoms with van der Waals surface area (Å²) in [5.74, 6) is 0. The van der Waals surface area contributed by atoms with Gasteiger partial charge in [0.15, 0.2) is 0 Å². The van der Waals surface area contributed by atoms with Crippen molar-refractivity contribution in [2.45, 2.75) is 0 Å². The highest BCUT2D eigenvalue weighted by Crippen LogP contribution is 2.43. The molecule has 9 aromatic rings. The molecule has 0 aromatic heterocycles. The average molecular weight is 557 g/mol. The van der Waals surface area contributed by atoms with Gasteiger partial charge in [0.1, 0.15) is 0 Å². The molecule has 0 unspecified atom stereocenters. The van der Waals surface area contributed by atoms with Crippen LogP contribution in [0.3, 0.4) is 0 Å². The van der Waals surface area contributed by atoms with E-state index >= 15 is 0 Å². The largest absolute Gasteiger partial charge is 0.0616 e. The Morgan fingerprint density at radius 3 is 1.36 bits per heavy atom. The Morgan fingerprint density at radius 1 is 0.205 bits per heavy atom. The van der Waals surface area contributed by atoms with Crippen molar-refractivity contribution in [3.8, 4) is 33.4 Å². The molecule has 0 bridgehead atoms. The van der Waals surface area contributed by atoms with Crippen molar-refractivity contribution < 1.29 is 0 Å². The Morgan fingerprint density at radius 2 is 0.682 bits per heavy atom. The van der Waals surface area contributed by atoms with Gasteiger partial charge < -0.3 is 0 Å². The van der Waals surface area contributed by atoms with Crippen LogP contribution in [0, 0.1) is 0 Å². The summed E-state index contributed by atoms with van der Waals surface area (Å²) < 4.78 is 0. The van der Waals surface area contributed by atoms with Crippen molar-refractivity contribution in [1.82, 2.24) is 0 Å². The van der Waals surface area contributed by atoms with E-state index in [1.165, 1.54) is 87.2 Å². The first-order valence-electron chi connectivity index (χ1n) is 15.3. The monoisotopic (exact) mass is 556 g/mol. The van der Waals surface area contributed by atoms with E-state index in [1.807, 2.05) is 0 Å². The van der Waals surface area contributed by atoms with Crippen LogP contribution in [0.2, 0.25) is 0 Å². The van der Waals surface area contributed by atoms with Gasteiger partial charge >= 0.3 is 0 Å². The molecule has 9 rings (SSSR count). The van der Waals surface area contributed by atoms with Crippen molar-refractivity contribution >= 4 is 53.9 Å². The number of hydrogen-bond acceptors (Lipinski definition) is 0. The summed E-state index contributed by atoms with van der Waals surface area (Å²) in [7, 11) is 0.